The van der Waals surface area contributed by atoms with Gasteiger partial charge in [0.05, 0.1) is 12.1 Å². The third-order valence-corrected chi connectivity index (χ3v) is 3.87. The molecule has 0 saturated carbocycles. The number of carbonyl (C=O) groups is 2. The van der Waals surface area contributed by atoms with E-state index in [9.17, 15) is 19.1 Å². The van der Waals surface area contributed by atoms with Crippen molar-refractivity contribution in [1.82, 2.24) is 4.90 Å². The van der Waals surface area contributed by atoms with E-state index in [1.165, 1.54) is 17.0 Å². The molecule has 1 aliphatic rings. The van der Waals surface area contributed by atoms with Crippen molar-refractivity contribution >= 4 is 27.7 Å². The molecule has 1 aromatic rings. The number of rotatable bonds is 2. The number of hydrogen-bond acceptors (Lipinski definition) is 3. The maximum Gasteiger partial charge on any atom is 0.256 e. The van der Waals surface area contributed by atoms with E-state index in [4.69, 9.17) is 5.73 Å². The van der Waals surface area contributed by atoms with Gasteiger partial charge in [0, 0.05) is 11.0 Å². The first kappa shape index (κ1) is 14.9. The molecule has 0 aliphatic carbocycles. The Labute approximate surface area is 123 Å². The number of nitrogens with zero attached hydrogens (tertiary/aromatic N) is 1. The molecule has 0 spiro atoms. The Morgan fingerprint density at radius 1 is 1.45 bits per heavy atom. The lowest BCUT2D eigenvalue weighted by Crippen LogP contribution is -2.57. The van der Waals surface area contributed by atoms with Crippen molar-refractivity contribution in [3.8, 4) is 0 Å². The van der Waals surface area contributed by atoms with E-state index in [1.54, 1.807) is 6.07 Å². The molecule has 7 heteroatoms. The third kappa shape index (κ3) is 2.83. The molecule has 0 unspecified atom stereocenters. The van der Waals surface area contributed by atoms with Crippen LogP contribution in [0, 0.1) is 5.82 Å². The van der Waals surface area contributed by atoms with Crippen LogP contribution in [0.1, 0.15) is 23.2 Å². The van der Waals surface area contributed by atoms with E-state index in [0.29, 0.717) is 17.4 Å². The van der Waals surface area contributed by atoms with Gasteiger partial charge in [0.15, 0.2) is 5.60 Å². The molecule has 1 atom stereocenters. The SMILES string of the molecule is NC(=O)[C@]1(O)CCCN(C(=O)c2ccc(Br)cc2F)C1. The minimum atomic E-state index is -1.74. The van der Waals surface area contributed by atoms with Crippen molar-refractivity contribution in [3.05, 3.63) is 34.1 Å². The summed E-state index contributed by atoms with van der Waals surface area (Å²) in [6.45, 7) is 0.139. The zero-order valence-corrected chi connectivity index (χ0v) is 12.2. The average molecular weight is 345 g/mol. The highest BCUT2D eigenvalue weighted by molar-refractivity contribution is 9.10. The molecule has 1 saturated heterocycles. The smallest absolute Gasteiger partial charge is 0.256 e. The Bertz CT molecular complexity index is 567. The number of primary amides is 1. The van der Waals surface area contributed by atoms with E-state index in [2.05, 4.69) is 15.9 Å². The fourth-order valence-corrected chi connectivity index (χ4v) is 2.58. The van der Waals surface area contributed by atoms with Gasteiger partial charge in [-0.2, -0.15) is 0 Å². The van der Waals surface area contributed by atoms with E-state index in [1.807, 2.05) is 0 Å². The van der Waals surface area contributed by atoms with Gasteiger partial charge in [0.25, 0.3) is 11.8 Å². The van der Waals surface area contributed by atoms with Crippen LogP contribution in [-0.4, -0.2) is 40.5 Å². The largest absolute Gasteiger partial charge is 0.378 e. The number of piperidine rings is 1. The minimum Gasteiger partial charge on any atom is -0.378 e. The number of β-amino-alcohol motifs (C(OH)–C–C–N with tert-alkyl or cyclic N) is 1. The molecule has 2 rings (SSSR count). The monoisotopic (exact) mass is 344 g/mol. The van der Waals surface area contributed by atoms with Crippen LogP contribution in [0.4, 0.5) is 4.39 Å². The van der Waals surface area contributed by atoms with Crippen LogP contribution in [0.15, 0.2) is 22.7 Å². The van der Waals surface area contributed by atoms with Gasteiger partial charge in [-0.15, -0.1) is 0 Å². The molecule has 2 amide bonds. The lowest BCUT2D eigenvalue weighted by atomic mass is 9.92. The Balaban J connectivity index is 2.23. The Hall–Kier alpha value is -1.47. The van der Waals surface area contributed by atoms with Crippen molar-refractivity contribution in [1.29, 1.82) is 0 Å². The summed E-state index contributed by atoms with van der Waals surface area (Å²) in [6, 6.07) is 4.11. The second kappa shape index (κ2) is 5.49. The first-order chi connectivity index (χ1) is 9.33. The van der Waals surface area contributed by atoms with Crippen LogP contribution in [0.3, 0.4) is 0 Å². The number of hydrogen-bond donors (Lipinski definition) is 2. The molecule has 3 N–H and O–H groups in total. The van der Waals surface area contributed by atoms with Crippen LogP contribution in [0.5, 0.6) is 0 Å². The number of benzene rings is 1. The number of aliphatic hydroxyl groups is 1. The number of amides is 2. The maximum atomic E-state index is 13.8. The van der Waals surface area contributed by atoms with Gasteiger partial charge in [-0.05, 0) is 31.0 Å². The van der Waals surface area contributed by atoms with E-state index in [-0.39, 0.29) is 18.5 Å². The standard InChI is InChI=1S/C13H14BrFN2O3/c14-8-2-3-9(10(15)6-8)11(18)17-5-1-4-13(20,7-17)12(16)19/h2-3,6,20H,1,4-5,7H2,(H2,16,19)/t13-/m0/s1. The van der Waals surface area contributed by atoms with Crippen molar-refractivity contribution in [2.45, 2.75) is 18.4 Å². The molecular weight excluding hydrogens is 331 g/mol. The molecule has 0 bridgehead atoms. The summed E-state index contributed by atoms with van der Waals surface area (Å²) in [7, 11) is 0. The van der Waals surface area contributed by atoms with E-state index in [0.717, 1.165) is 0 Å². The van der Waals surface area contributed by atoms with Crippen molar-refractivity contribution < 1.29 is 19.1 Å². The summed E-state index contributed by atoms with van der Waals surface area (Å²) < 4.78 is 14.3. The molecule has 1 heterocycles. The number of carbonyl (C=O) groups excluding carboxylic acids is 2. The van der Waals surface area contributed by atoms with Crippen LogP contribution in [0.25, 0.3) is 0 Å². The number of nitrogens with two attached hydrogens (primary N) is 1. The predicted molar refractivity (Wildman–Crippen MR) is 73.4 cm³/mol. The summed E-state index contributed by atoms with van der Waals surface area (Å²) in [5.74, 6) is -2.08. The molecule has 108 valence electrons. The summed E-state index contributed by atoms with van der Waals surface area (Å²) >= 11 is 3.11. The highest BCUT2D eigenvalue weighted by Crippen LogP contribution is 2.24. The Morgan fingerprint density at radius 3 is 2.75 bits per heavy atom. The zero-order chi connectivity index (χ0) is 14.9. The van der Waals surface area contributed by atoms with Crippen LogP contribution in [0.2, 0.25) is 0 Å². The molecule has 1 aliphatic heterocycles. The molecule has 5 nitrogen and oxygen atoms in total. The van der Waals surface area contributed by atoms with Gasteiger partial charge in [-0.1, -0.05) is 15.9 Å². The molecule has 1 fully saturated rings. The minimum absolute atomic E-state index is 0.0954. The van der Waals surface area contributed by atoms with Crippen LogP contribution >= 0.6 is 15.9 Å². The van der Waals surface area contributed by atoms with Gasteiger partial charge < -0.3 is 15.7 Å². The van der Waals surface area contributed by atoms with Gasteiger partial charge in [-0.3, -0.25) is 9.59 Å². The Morgan fingerprint density at radius 2 is 2.15 bits per heavy atom. The summed E-state index contributed by atoms with van der Waals surface area (Å²) in [5.41, 5.74) is 3.31. The van der Waals surface area contributed by atoms with Crippen LogP contribution in [-0.2, 0) is 4.79 Å². The van der Waals surface area contributed by atoms with Gasteiger partial charge in [0.1, 0.15) is 5.82 Å². The lowest BCUT2D eigenvalue weighted by molar-refractivity contribution is -0.140. The lowest BCUT2D eigenvalue weighted by Gasteiger charge is -2.37. The first-order valence-corrected chi connectivity index (χ1v) is 6.89. The molecular formula is C13H14BrFN2O3. The summed E-state index contributed by atoms with van der Waals surface area (Å²) in [6.07, 6.45) is 0.637. The number of likely N-dealkylation sites (tertiary alicyclic amines) is 1. The molecule has 1 aromatic carbocycles. The average Bonchev–Trinajstić information content (AvgIpc) is 2.38. The maximum absolute atomic E-state index is 13.8. The van der Waals surface area contributed by atoms with Gasteiger partial charge in [-0.25, -0.2) is 4.39 Å². The fourth-order valence-electron chi connectivity index (χ4n) is 2.24. The molecule has 0 radical (unpaired) electrons. The van der Waals surface area contributed by atoms with E-state index >= 15 is 0 Å². The normalized spacial score (nSPS) is 22.6. The summed E-state index contributed by atoms with van der Waals surface area (Å²) in [5, 5.41) is 10.1. The third-order valence-electron chi connectivity index (χ3n) is 3.38. The highest BCUT2D eigenvalue weighted by Gasteiger charge is 2.40. The van der Waals surface area contributed by atoms with Gasteiger partial charge in [0.2, 0.25) is 0 Å². The van der Waals surface area contributed by atoms with Gasteiger partial charge >= 0.3 is 0 Å². The molecule has 0 aromatic heterocycles. The van der Waals surface area contributed by atoms with Crippen molar-refractivity contribution in [2.75, 3.05) is 13.1 Å². The van der Waals surface area contributed by atoms with E-state index < -0.39 is 23.2 Å². The summed E-state index contributed by atoms with van der Waals surface area (Å²) in [4.78, 5) is 24.7. The second-order valence-corrected chi connectivity index (χ2v) is 5.77. The first-order valence-electron chi connectivity index (χ1n) is 6.10. The van der Waals surface area contributed by atoms with Crippen LogP contribution < -0.4 is 5.73 Å². The second-order valence-electron chi connectivity index (χ2n) is 4.85. The van der Waals surface area contributed by atoms with Crippen molar-refractivity contribution in [2.24, 2.45) is 5.73 Å². The molecule has 20 heavy (non-hydrogen) atoms. The van der Waals surface area contributed by atoms with Crippen molar-refractivity contribution in [3.63, 3.8) is 0 Å². The topological polar surface area (TPSA) is 83.6 Å². The number of halogens is 2. The fraction of sp³-hybridized carbons (Fsp3) is 0.385. The Kier molecular flexibility index (Phi) is 4.10. The predicted octanol–water partition coefficient (Wildman–Crippen LogP) is 1.04. The highest BCUT2D eigenvalue weighted by atomic mass is 79.9. The zero-order valence-electron chi connectivity index (χ0n) is 10.6. The quantitative estimate of drug-likeness (QED) is 0.840.